The van der Waals surface area contributed by atoms with Crippen LogP contribution in [0, 0.1) is 5.92 Å². The van der Waals surface area contributed by atoms with Gasteiger partial charge in [0, 0.05) is 13.1 Å². The molecule has 0 aromatic rings. The first-order valence-electron chi connectivity index (χ1n) is 6.77. The Bertz CT molecular complexity index is 388. The van der Waals surface area contributed by atoms with Gasteiger partial charge in [-0.25, -0.2) is 8.42 Å². The molecule has 2 rings (SSSR count). The van der Waals surface area contributed by atoms with Gasteiger partial charge < -0.3 is 10.2 Å². The fourth-order valence-corrected chi connectivity index (χ4v) is 4.41. The van der Waals surface area contributed by atoms with E-state index in [2.05, 4.69) is 10.2 Å². The number of nitrogens with zero attached hydrogens (tertiary/aromatic N) is 1. The summed E-state index contributed by atoms with van der Waals surface area (Å²) in [5.41, 5.74) is 0. The van der Waals surface area contributed by atoms with Crippen molar-refractivity contribution in [3.8, 4) is 0 Å². The molecule has 0 unspecified atom stereocenters. The van der Waals surface area contributed by atoms with Gasteiger partial charge in [-0.2, -0.15) is 0 Å². The fourth-order valence-electron chi connectivity index (χ4n) is 2.67. The SMILES string of the molecule is O=C(NCCN1CCCCC1)[C@H]1CCS(=O)(=O)C1. The van der Waals surface area contributed by atoms with Crippen LogP contribution >= 0.6 is 0 Å². The molecule has 2 fully saturated rings. The molecular formula is C12H22N2O3S. The Kier molecular flexibility index (Phi) is 4.61. The summed E-state index contributed by atoms with van der Waals surface area (Å²) in [4.78, 5) is 14.1. The van der Waals surface area contributed by atoms with Crippen LogP contribution in [-0.4, -0.2) is 56.9 Å². The monoisotopic (exact) mass is 274 g/mol. The van der Waals surface area contributed by atoms with Crippen molar-refractivity contribution in [2.45, 2.75) is 25.7 Å². The van der Waals surface area contributed by atoms with Crippen molar-refractivity contribution in [3.05, 3.63) is 0 Å². The lowest BCUT2D eigenvalue weighted by Crippen LogP contribution is -2.39. The van der Waals surface area contributed by atoms with Gasteiger partial charge in [0.2, 0.25) is 5.91 Å². The molecule has 2 saturated heterocycles. The van der Waals surface area contributed by atoms with Gasteiger partial charge in [-0.1, -0.05) is 6.42 Å². The smallest absolute Gasteiger partial charge is 0.224 e. The topological polar surface area (TPSA) is 66.5 Å². The van der Waals surface area contributed by atoms with Crippen LogP contribution in [-0.2, 0) is 14.6 Å². The molecule has 104 valence electrons. The number of rotatable bonds is 4. The maximum atomic E-state index is 11.8. The predicted molar refractivity (Wildman–Crippen MR) is 70.1 cm³/mol. The van der Waals surface area contributed by atoms with Crippen LogP contribution < -0.4 is 5.32 Å². The third-order valence-corrected chi connectivity index (χ3v) is 5.55. The predicted octanol–water partition coefficient (Wildman–Crippen LogP) is 0.0232. The highest BCUT2D eigenvalue weighted by Crippen LogP contribution is 2.18. The minimum atomic E-state index is -2.96. The summed E-state index contributed by atoms with van der Waals surface area (Å²) in [5, 5.41) is 2.86. The van der Waals surface area contributed by atoms with Gasteiger partial charge in [-0.3, -0.25) is 4.79 Å². The highest BCUT2D eigenvalue weighted by atomic mass is 32.2. The highest BCUT2D eigenvalue weighted by molar-refractivity contribution is 7.91. The van der Waals surface area contributed by atoms with Gasteiger partial charge >= 0.3 is 0 Å². The van der Waals surface area contributed by atoms with Crippen LogP contribution in [0.25, 0.3) is 0 Å². The molecule has 5 nitrogen and oxygen atoms in total. The standard InChI is InChI=1S/C12H22N2O3S/c15-12(11-4-9-18(16,17)10-11)13-5-8-14-6-2-1-3-7-14/h11H,1-10H2,(H,13,15)/t11-/m0/s1. The van der Waals surface area contributed by atoms with E-state index in [-0.39, 0.29) is 23.3 Å². The van der Waals surface area contributed by atoms with Crippen molar-refractivity contribution in [2.75, 3.05) is 37.7 Å². The second kappa shape index (κ2) is 6.02. The Morgan fingerprint density at radius 3 is 2.56 bits per heavy atom. The molecule has 0 saturated carbocycles. The second-order valence-electron chi connectivity index (χ2n) is 5.29. The lowest BCUT2D eigenvalue weighted by molar-refractivity contribution is -0.124. The Morgan fingerprint density at radius 1 is 1.22 bits per heavy atom. The zero-order valence-electron chi connectivity index (χ0n) is 10.7. The number of amides is 1. The Hall–Kier alpha value is -0.620. The average molecular weight is 274 g/mol. The second-order valence-corrected chi connectivity index (χ2v) is 7.52. The van der Waals surface area contributed by atoms with E-state index in [1.54, 1.807) is 0 Å². The van der Waals surface area contributed by atoms with Crippen molar-refractivity contribution in [1.29, 1.82) is 0 Å². The summed E-state index contributed by atoms with van der Waals surface area (Å²) >= 11 is 0. The lowest BCUT2D eigenvalue weighted by atomic mass is 10.1. The minimum Gasteiger partial charge on any atom is -0.355 e. The van der Waals surface area contributed by atoms with Gasteiger partial charge in [-0.15, -0.1) is 0 Å². The quantitative estimate of drug-likeness (QED) is 0.785. The number of piperidine rings is 1. The molecule has 2 aliphatic rings. The molecule has 18 heavy (non-hydrogen) atoms. The van der Waals surface area contributed by atoms with Gasteiger partial charge in [0.05, 0.1) is 17.4 Å². The number of likely N-dealkylation sites (tertiary alicyclic amines) is 1. The molecule has 2 heterocycles. The Balaban J connectivity index is 1.66. The Morgan fingerprint density at radius 2 is 1.94 bits per heavy atom. The molecule has 0 bridgehead atoms. The summed E-state index contributed by atoms with van der Waals surface area (Å²) in [7, 11) is -2.96. The number of hydrogen-bond donors (Lipinski definition) is 1. The van der Waals surface area contributed by atoms with Crippen LogP contribution in [0.15, 0.2) is 0 Å². The molecule has 1 amide bonds. The zero-order valence-corrected chi connectivity index (χ0v) is 11.5. The van der Waals surface area contributed by atoms with E-state index in [1.807, 2.05) is 0 Å². The molecule has 0 spiro atoms. The molecule has 6 heteroatoms. The highest BCUT2D eigenvalue weighted by Gasteiger charge is 2.32. The van der Waals surface area contributed by atoms with Gasteiger partial charge in [0.1, 0.15) is 0 Å². The maximum absolute atomic E-state index is 11.8. The van der Waals surface area contributed by atoms with Crippen molar-refractivity contribution < 1.29 is 13.2 Å². The van der Waals surface area contributed by atoms with E-state index in [0.717, 1.165) is 19.6 Å². The summed E-state index contributed by atoms with van der Waals surface area (Å²) in [6.07, 6.45) is 4.28. The van der Waals surface area contributed by atoms with Crippen molar-refractivity contribution in [3.63, 3.8) is 0 Å². The molecule has 0 radical (unpaired) electrons. The van der Waals surface area contributed by atoms with E-state index in [0.29, 0.717) is 13.0 Å². The molecule has 2 aliphatic heterocycles. The summed E-state index contributed by atoms with van der Waals surface area (Å²) in [5.74, 6) is -0.218. The van der Waals surface area contributed by atoms with Gasteiger partial charge in [-0.05, 0) is 32.4 Å². The van der Waals surface area contributed by atoms with Crippen LogP contribution in [0.2, 0.25) is 0 Å². The molecule has 1 N–H and O–H groups in total. The first kappa shape index (κ1) is 13.8. The van der Waals surface area contributed by atoms with E-state index < -0.39 is 9.84 Å². The number of carbonyl (C=O) groups excluding carboxylic acids is 1. The normalized spacial score (nSPS) is 28.1. The number of hydrogen-bond acceptors (Lipinski definition) is 4. The minimum absolute atomic E-state index is 0.0303. The summed E-state index contributed by atoms with van der Waals surface area (Å²) in [6, 6.07) is 0. The van der Waals surface area contributed by atoms with Crippen molar-refractivity contribution in [2.24, 2.45) is 5.92 Å². The largest absolute Gasteiger partial charge is 0.355 e. The van der Waals surface area contributed by atoms with Crippen molar-refractivity contribution >= 4 is 15.7 Å². The van der Waals surface area contributed by atoms with Gasteiger partial charge in [0.15, 0.2) is 9.84 Å². The summed E-state index contributed by atoms with van der Waals surface area (Å²) in [6.45, 7) is 3.75. The first-order chi connectivity index (χ1) is 8.57. The van der Waals surface area contributed by atoms with Crippen LogP contribution in [0.4, 0.5) is 0 Å². The third-order valence-electron chi connectivity index (χ3n) is 3.78. The lowest BCUT2D eigenvalue weighted by Gasteiger charge is -2.26. The third kappa shape index (κ3) is 3.95. The molecular weight excluding hydrogens is 252 g/mol. The average Bonchev–Trinajstić information content (AvgIpc) is 2.71. The Labute approximate surface area is 109 Å². The van der Waals surface area contributed by atoms with Crippen LogP contribution in [0.5, 0.6) is 0 Å². The zero-order chi connectivity index (χ0) is 13.0. The maximum Gasteiger partial charge on any atom is 0.224 e. The fraction of sp³-hybridized carbons (Fsp3) is 0.917. The number of sulfone groups is 1. The molecule has 0 aromatic carbocycles. The van der Waals surface area contributed by atoms with E-state index >= 15 is 0 Å². The molecule has 1 atom stereocenters. The van der Waals surface area contributed by atoms with Gasteiger partial charge in [0.25, 0.3) is 0 Å². The van der Waals surface area contributed by atoms with E-state index in [1.165, 1.54) is 19.3 Å². The van der Waals surface area contributed by atoms with Crippen molar-refractivity contribution in [1.82, 2.24) is 10.2 Å². The summed E-state index contributed by atoms with van der Waals surface area (Å²) < 4.78 is 22.6. The number of carbonyl (C=O) groups is 1. The first-order valence-corrected chi connectivity index (χ1v) is 8.59. The van der Waals surface area contributed by atoms with Crippen LogP contribution in [0.3, 0.4) is 0 Å². The van der Waals surface area contributed by atoms with E-state index in [9.17, 15) is 13.2 Å². The van der Waals surface area contributed by atoms with Crippen LogP contribution in [0.1, 0.15) is 25.7 Å². The molecule has 0 aromatic heterocycles. The number of nitrogens with one attached hydrogen (secondary N) is 1. The van der Waals surface area contributed by atoms with E-state index in [4.69, 9.17) is 0 Å². The molecule has 0 aliphatic carbocycles.